The fourth-order valence-electron chi connectivity index (χ4n) is 0.831. The van der Waals surface area contributed by atoms with Gasteiger partial charge in [-0.3, -0.25) is 4.90 Å². The van der Waals surface area contributed by atoms with Gasteiger partial charge in [0.2, 0.25) is 0 Å². The average Bonchev–Trinajstić information content (AvgIpc) is 1.90. The van der Waals surface area contributed by atoms with Crippen LogP contribution >= 0.6 is 11.6 Å². The molecule has 1 saturated heterocycles. The molecule has 0 bridgehead atoms. The summed E-state index contributed by atoms with van der Waals surface area (Å²) < 4.78 is 0. The minimum Gasteiger partial charge on any atom is -0.314 e. The molecule has 0 aliphatic carbocycles. The molecule has 8 heavy (non-hydrogen) atoms. The third-order valence-electron chi connectivity index (χ3n) is 1.38. The highest BCUT2D eigenvalue weighted by Gasteiger charge is 2.05. The molecule has 1 aliphatic rings. The van der Waals surface area contributed by atoms with E-state index in [0.29, 0.717) is 6.00 Å². The van der Waals surface area contributed by atoms with E-state index in [1.165, 1.54) is 0 Å². The van der Waals surface area contributed by atoms with Gasteiger partial charge in [-0.15, -0.1) is 11.6 Å². The lowest BCUT2D eigenvalue weighted by Gasteiger charge is -2.24. The molecule has 2 nitrogen and oxygen atoms in total. The summed E-state index contributed by atoms with van der Waals surface area (Å²) in [5, 5.41) is 3.25. The number of rotatable bonds is 1. The molecule has 0 unspecified atom stereocenters. The average molecular weight is 135 g/mol. The van der Waals surface area contributed by atoms with Crippen molar-refractivity contribution >= 4 is 11.6 Å². The summed E-state index contributed by atoms with van der Waals surface area (Å²) in [6.07, 6.45) is 0. The lowest BCUT2D eigenvalue weighted by Crippen LogP contribution is -2.42. The predicted molar refractivity (Wildman–Crippen MR) is 35.2 cm³/mol. The van der Waals surface area contributed by atoms with Crippen LogP contribution in [-0.2, 0) is 0 Å². The number of hydrogen-bond acceptors (Lipinski definition) is 2. The quantitative estimate of drug-likeness (QED) is 0.404. The monoisotopic (exact) mass is 134 g/mol. The molecule has 48 valence electrons. The zero-order valence-electron chi connectivity index (χ0n) is 4.86. The van der Waals surface area contributed by atoms with Crippen molar-refractivity contribution < 1.29 is 0 Å². The standard InChI is InChI=1S/C5H11ClN2/c6-5-8-3-1-7-2-4-8/h7H,1-5H2. The van der Waals surface area contributed by atoms with Gasteiger partial charge < -0.3 is 5.32 Å². The van der Waals surface area contributed by atoms with Crippen molar-refractivity contribution in [2.75, 3.05) is 32.2 Å². The molecule has 0 spiro atoms. The predicted octanol–water partition coefficient (Wildman–Crippen LogP) is 0.0879. The smallest absolute Gasteiger partial charge is 0.0739 e. The molecule has 0 aromatic heterocycles. The van der Waals surface area contributed by atoms with Gasteiger partial charge >= 0.3 is 0 Å². The fraction of sp³-hybridized carbons (Fsp3) is 1.00. The Balaban J connectivity index is 2.13. The van der Waals surface area contributed by atoms with Crippen LogP contribution in [0.15, 0.2) is 0 Å². The molecule has 1 aliphatic heterocycles. The molecule has 1 rings (SSSR count). The highest BCUT2D eigenvalue weighted by atomic mass is 35.5. The molecule has 0 radical (unpaired) electrons. The summed E-state index contributed by atoms with van der Waals surface area (Å²) in [4.78, 5) is 2.22. The zero-order valence-corrected chi connectivity index (χ0v) is 5.62. The molecule has 1 fully saturated rings. The van der Waals surface area contributed by atoms with Crippen molar-refractivity contribution in [3.63, 3.8) is 0 Å². The molecule has 0 atom stereocenters. The van der Waals surface area contributed by atoms with Crippen LogP contribution in [0.4, 0.5) is 0 Å². The maximum atomic E-state index is 5.58. The summed E-state index contributed by atoms with van der Waals surface area (Å²) in [7, 11) is 0. The van der Waals surface area contributed by atoms with Crippen LogP contribution in [0.5, 0.6) is 0 Å². The Morgan fingerprint density at radius 2 is 2.00 bits per heavy atom. The molecule has 1 heterocycles. The number of nitrogens with zero attached hydrogens (tertiary/aromatic N) is 1. The van der Waals surface area contributed by atoms with Gasteiger partial charge in [0.25, 0.3) is 0 Å². The lowest BCUT2D eigenvalue weighted by molar-refractivity contribution is 0.277. The second-order valence-corrected chi connectivity index (χ2v) is 2.23. The van der Waals surface area contributed by atoms with Gasteiger partial charge in [-0.2, -0.15) is 0 Å². The molecule has 0 saturated carbocycles. The molecule has 0 aromatic carbocycles. The number of alkyl halides is 1. The lowest BCUT2D eigenvalue weighted by atomic mass is 10.4. The first-order chi connectivity index (χ1) is 3.93. The van der Waals surface area contributed by atoms with Crippen LogP contribution in [0.1, 0.15) is 0 Å². The van der Waals surface area contributed by atoms with Gasteiger partial charge in [-0.05, 0) is 0 Å². The van der Waals surface area contributed by atoms with Crippen LogP contribution in [0.25, 0.3) is 0 Å². The Hall–Kier alpha value is 0.210. The van der Waals surface area contributed by atoms with Crippen molar-refractivity contribution in [1.82, 2.24) is 10.2 Å². The van der Waals surface area contributed by atoms with Gasteiger partial charge in [0.15, 0.2) is 0 Å². The molecule has 0 amide bonds. The Bertz CT molecular complexity index is 61.4. The van der Waals surface area contributed by atoms with Crippen LogP contribution in [0, 0.1) is 0 Å². The van der Waals surface area contributed by atoms with E-state index in [1.807, 2.05) is 0 Å². The minimum absolute atomic E-state index is 0.682. The van der Waals surface area contributed by atoms with Crippen molar-refractivity contribution in [2.24, 2.45) is 0 Å². The second kappa shape index (κ2) is 3.28. The van der Waals surface area contributed by atoms with Crippen LogP contribution in [0.2, 0.25) is 0 Å². The molecule has 0 aromatic rings. The first-order valence-corrected chi connectivity index (χ1v) is 3.46. The minimum atomic E-state index is 0.682. The molecular weight excluding hydrogens is 124 g/mol. The van der Waals surface area contributed by atoms with Gasteiger partial charge in [-0.25, -0.2) is 0 Å². The normalized spacial score (nSPS) is 23.6. The summed E-state index contributed by atoms with van der Waals surface area (Å²) >= 11 is 5.58. The van der Waals surface area contributed by atoms with E-state index in [9.17, 15) is 0 Å². The van der Waals surface area contributed by atoms with Crippen molar-refractivity contribution in [3.8, 4) is 0 Å². The Morgan fingerprint density at radius 3 is 2.38 bits per heavy atom. The molecule has 1 N–H and O–H groups in total. The third-order valence-corrected chi connectivity index (χ3v) is 1.72. The van der Waals surface area contributed by atoms with Crippen molar-refractivity contribution in [2.45, 2.75) is 0 Å². The van der Waals surface area contributed by atoms with Gasteiger partial charge in [0, 0.05) is 26.2 Å². The number of piperazine rings is 1. The Morgan fingerprint density at radius 1 is 1.38 bits per heavy atom. The summed E-state index contributed by atoms with van der Waals surface area (Å²) in [5.74, 6) is 0. The van der Waals surface area contributed by atoms with E-state index in [4.69, 9.17) is 11.6 Å². The second-order valence-electron chi connectivity index (χ2n) is 1.99. The van der Waals surface area contributed by atoms with Crippen LogP contribution in [0.3, 0.4) is 0 Å². The summed E-state index contributed by atoms with van der Waals surface area (Å²) in [6, 6.07) is 0.682. The van der Waals surface area contributed by atoms with Gasteiger partial charge in [0.1, 0.15) is 0 Å². The van der Waals surface area contributed by atoms with Crippen LogP contribution < -0.4 is 5.32 Å². The molecule has 3 heteroatoms. The number of hydrogen-bond donors (Lipinski definition) is 1. The Kier molecular flexibility index (Phi) is 2.59. The van der Waals surface area contributed by atoms with E-state index in [0.717, 1.165) is 26.2 Å². The maximum Gasteiger partial charge on any atom is 0.0739 e. The third kappa shape index (κ3) is 1.62. The van der Waals surface area contributed by atoms with Gasteiger partial charge in [-0.1, -0.05) is 0 Å². The summed E-state index contributed by atoms with van der Waals surface area (Å²) in [6.45, 7) is 4.38. The molecular formula is C5H11ClN2. The summed E-state index contributed by atoms with van der Waals surface area (Å²) in [5.41, 5.74) is 0. The number of nitrogens with one attached hydrogen (secondary N) is 1. The highest BCUT2D eigenvalue weighted by molar-refractivity contribution is 6.17. The highest BCUT2D eigenvalue weighted by Crippen LogP contribution is 1.91. The Labute approximate surface area is 54.8 Å². The maximum absolute atomic E-state index is 5.58. The van der Waals surface area contributed by atoms with E-state index in [2.05, 4.69) is 10.2 Å². The SMILES string of the molecule is ClCN1CCNCC1. The zero-order chi connectivity index (χ0) is 5.82. The number of halogens is 1. The first-order valence-electron chi connectivity index (χ1n) is 2.92. The largest absolute Gasteiger partial charge is 0.314 e. The fourth-order valence-corrected chi connectivity index (χ4v) is 1.07. The first kappa shape index (κ1) is 6.33. The van der Waals surface area contributed by atoms with E-state index >= 15 is 0 Å². The van der Waals surface area contributed by atoms with Crippen molar-refractivity contribution in [1.29, 1.82) is 0 Å². The van der Waals surface area contributed by atoms with Crippen LogP contribution in [-0.4, -0.2) is 37.1 Å². The van der Waals surface area contributed by atoms with E-state index < -0.39 is 0 Å². The topological polar surface area (TPSA) is 15.3 Å². The van der Waals surface area contributed by atoms with E-state index in [-0.39, 0.29) is 0 Å². The van der Waals surface area contributed by atoms with E-state index in [1.54, 1.807) is 0 Å². The van der Waals surface area contributed by atoms with Gasteiger partial charge in [0.05, 0.1) is 6.00 Å². The van der Waals surface area contributed by atoms with Crippen molar-refractivity contribution in [3.05, 3.63) is 0 Å².